The van der Waals surface area contributed by atoms with Crippen LogP contribution < -0.4 is 10.3 Å². The molecule has 1 fully saturated rings. The van der Waals surface area contributed by atoms with Gasteiger partial charge in [0.15, 0.2) is 0 Å². The number of carbonyl (C=O) groups excluding carboxylic acids is 1. The summed E-state index contributed by atoms with van der Waals surface area (Å²) in [5.74, 6) is -0.139. The molecule has 2 aromatic carbocycles. The van der Waals surface area contributed by atoms with E-state index in [4.69, 9.17) is 4.74 Å². The number of aliphatic hydroxyl groups is 1. The average molecular weight is 488 g/mol. The quantitative estimate of drug-likeness (QED) is 0.358. The number of aliphatic hydroxyl groups excluding tert-OH is 1. The standard InChI is InChI=1S/C28H33N5O3/c1-21-26(28(35)33(30-21)23-7-3-2-4-8-23)17-22-19-32(27-10-6-5-9-25(22)27)20-24(34)18-29-11-12-31-13-15-36-16-14-31/h2-10,17,19,24,29,34H,11-16,18,20H2,1H3/b26-17+/t24-/m0/s1. The van der Waals surface area contributed by atoms with E-state index in [-0.39, 0.29) is 5.91 Å². The van der Waals surface area contributed by atoms with Gasteiger partial charge in [0.1, 0.15) is 0 Å². The first kappa shape index (κ1) is 24.4. The van der Waals surface area contributed by atoms with Gasteiger partial charge in [-0.15, -0.1) is 0 Å². The molecule has 5 rings (SSSR count). The van der Waals surface area contributed by atoms with E-state index in [1.807, 2.05) is 73.8 Å². The lowest BCUT2D eigenvalue weighted by Gasteiger charge is -2.26. The van der Waals surface area contributed by atoms with Gasteiger partial charge in [0, 0.05) is 61.9 Å². The molecule has 36 heavy (non-hydrogen) atoms. The van der Waals surface area contributed by atoms with Crippen molar-refractivity contribution in [3.05, 3.63) is 71.9 Å². The number of hydrogen-bond acceptors (Lipinski definition) is 6. The minimum Gasteiger partial charge on any atom is -0.390 e. The predicted octanol–water partition coefficient (Wildman–Crippen LogP) is 2.73. The highest BCUT2D eigenvalue weighted by atomic mass is 16.5. The maximum absolute atomic E-state index is 13.2. The molecule has 2 aliphatic rings. The predicted molar refractivity (Wildman–Crippen MR) is 143 cm³/mol. The summed E-state index contributed by atoms with van der Waals surface area (Å²) in [5.41, 5.74) is 3.97. The summed E-state index contributed by atoms with van der Waals surface area (Å²) >= 11 is 0. The van der Waals surface area contributed by atoms with Crippen molar-refractivity contribution in [2.75, 3.05) is 50.9 Å². The van der Waals surface area contributed by atoms with Crippen molar-refractivity contribution in [2.24, 2.45) is 5.10 Å². The second-order valence-corrected chi connectivity index (χ2v) is 9.26. The zero-order valence-electron chi connectivity index (χ0n) is 20.6. The third-order valence-electron chi connectivity index (χ3n) is 6.68. The van der Waals surface area contributed by atoms with Gasteiger partial charge in [0.2, 0.25) is 0 Å². The number of carbonyl (C=O) groups is 1. The zero-order valence-corrected chi connectivity index (χ0v) is 20.6. The summed E-state index contributed by atoms with van der Waals surface area (Å²) in [6.07, 6.45) is 3.40. The highest BCUT2D eigenvalue weighted by Gasteiger charge is 2.29. The number of fused-ring (bicyclic) bond motifs is 1. The molecule has 0 saturated carbocycles. The Morgan fingerprint density at radius 1 is 1.11 bits per heavy atom. The van der Waals surface area contributed by atoms with Crippen molar-refractivity contribution in [3.8, 4) is 0 Å². The molecule has 0 bridgehead atoms. The van der Waals surface area contributed by atoms with Crippen molar-refractivity contribution in [2.45, 2.75) is 19.6 Å². The number of rotatable bonds is 9. The Hall–Kier alpha value is -3.30. The summed E-state index contributed by atoms with van der Waals surface area (Å²) in [6, 6.07) is 17.5. The van der Waals surface area contributed by atoms with Crippen LogP contribution in [0.5, 0.6) is 0 Å². The molecule has 0 spiro atoms. The van der Waals surface area contributed by atoms with Gasteiger partial charge in [-0.2, -0.15) is 10.1 Å². The second-order valence-electron chi connectivity index (χ2n) is 9.26. The van der Waals surface area contributed by atoms with E-state index in [1.54, 1.807) is 0 Å². The van der Waals surface area contributed by atoms with Crippen LogP contribution in [0.3, 0.4) is 0 Å². The van der Waals surface area contributed by atoms with Crippen LogP contribution in [-0.4, -0.2) is 78.2 Å². The van der Waals surface area contributed by atoms with Crippen LogP contribution in [0.15, 0.2) is 71.5 Å². The molecular weight excluding hydrogens is 454 g/mol. The summed E-state index contributed by atoms with van der Waals surface area (Å²) in [7, 11) is 0. The van der Waals surface area contributed by atoms with Crippen LogP contribution in [-0.2, 0) is 16.1 Å². The molecule has 0 aliphatic carbocycles. The third kappa shape index (κ3) is 5.42. The fourth-order valence-corrected chi connectivity index (χ4v) is 4.75. The van der Waals surface area contributed by atoms with Crippen molar-refractivity contribution in [1.29, 1.82) is 0 Å². The second kappa shape index (κ2) is 11.2. The van der Waals surface area contributed by atoms with E-state index in [1.165, 1.54) is 5.01 Å². The minimum absolute atomic E-state index is 0.139. The van der Waals surface area contributed by atoms with E-state index in [0.29, 0.717) is 24.4 Å². The number of nitrogens with one attached hydrogen (secondary N) is 1. The molecule has 0 radical (unpaired) electrons. The molecule has 1 amide bonds. The lowest BCUT2D eigenvalue weighted by atomic mass is 10.1. The first-order valence-electron chi connectivity index (χ1n) is 12.5. The SMILES string of the molecule is CC1=NN(c2ccccc2)C(=O)/C1=C/c1cn(C[C@@H](O)CNCCN2CCOCC2)c2ccccc12. The Balaban J connectivity index is 1.28. The number of anilines is 1. The van der Waals surface area contributed by atoms with Crippen LogP contribution in [0.25, 0.3) is 17.0 Å². The largest absolute Gasteiger partial charge is 0.390 e. The van der Waals surface area contributed by atoms with Gasteiger partial charge in [-0.3, -0.25) is 9.69 Å². The Labute approximate surface area is 211 Å². The number of amides is 1. The van der Waals surface area contributed by atoms with Crippen molar-refractivity contribution < 1.29 is 14.6 Å². The molecule has 188 valence electrons. The Kier molecular flexibility index (Phi) is 7.58. The fourth-order valence-electron chi connectivity index (χ4n) is 4.75. The summed E-state index contributed by atoms with van der Waals surface area (Å²) in [6.45, 7) is 8.15. The third-order valence-corrected chi connectivity index (χ3v) is 6.68. The van der Waals surface area contributed by atoms with Crippen molar-refractivity contribution in [3.63, 3.8) is 0 Å². The first-order valence-corrected chi connectivity index (χ1v) is 12.5. The highest BCUT2D eigenvalue weighted by molar-refractivity contribution is 6.32. The maximum Gasteiger partial charge on any atom is 0.280 e. The van der Waals surface area contributed by atoms with Gasteiger partial charge in [-0.25, -0.2) is 0 Å². The van der Waals surface area contributed by atoms with E-state index >= 15 is 0 Å². The van der Waals surface area contributed by atoms with Crippen LogP contribution in [0, 0.1) is 0 Å². The van der Waals surface area contributed by atoms with Crippen LogP contribution in [0.4, 0.5) is 5.69 Å². The maximum atomic E-state index is 13.2. The lowest BCUT2D eigenvalue weighted by molar-refractivity contribution is -0.114. The molecule has 1 aromatic heterocycles. The van der Waals surface area contributed by atoms with Crippen LogP contribution in [0.2, 0.25) is 0 Å². The lowest BCUT2D eigenvalue weighted by Crippen LogP contribution is -2.41. The number of hydrazone groups is 1. The van der Waals surface area contributed by atoms with E-state index < -0.39 is 6.10 Å². The fraction of sp³-hybridized carbons (Fsp3) is 0.357. The molecule has 8 heteroatoms. The minimum atomic E-state index is -0.531. The summed E-state index contributed by atoms with van der Waals surface area (Å²) in [5, 5.41) is 21.1. The van der Waals surface area contributed by atoms with Gasteiger partial charge in [0.25, 0.3) is 5.91 Å². The van der Waals surface area contributed by atoms with E-state index in [0.717, 1.165) is 61.5 Å². The zero-order chi connectivity index (χ0) is 24.9. The van der Waals surface area contributed by atoms with E-state index in [2.05, 4.69) is 19.9 Å². The Morgan fingerprint density at radius 2 is 1.86 bits per heavy atom. The average Bonchev–Trinajstić information content (AvgIpc) is 3.40. The topological polar surface area (TPSA) is 82.3 Å². The molecular formula is C28H33N5O3. The summed E-state index contributed by atoms with van der Waals surface area (Å²) < 4.78 is 7.46. The van der Waals surface area contributed by atoms with Gasteiger partial charge in [0.05, 0.1) is 36.3 Å². The van der Waals surface area contributed by atoms with Gasteiger partial charge < -0.3 is 19.7 Å². The van der Waals surface area contributed by atoms with E-state index in [9.17, 15) is 9.90 Å². The number of para-hydroxylation sites is 2. The Bertz CT molecular complexity index is 1260. The van der Waals surface area contributed by atoms with Crippen molar-refractivity contribution in [1.82, 2.24) is 14.8 Å². The number of nitrogens with zero attached hydrogens (tertiary/aromatic N) is 4. The molecule has 2 N–H and O–H groups in total. The molecule has 3 aromatic rings. The normalized spacial score (nSPS) is 18.8. The number of ether oxygens (including phenoxy) is 1. The number of benzene rings is 2. The number of aromatic nitrogens is 1. The smallest absolute Gasteiger partial charge is 0.280 e. The molecule has 0 unspecified atom stereocenters. The molecule has 2 aliphatic heterocycles. The Morgan fingerprint density at radius 3 is 2.67 bits per heavy atom. The number of hydrogen-bond donors (Lipinski definition) is 2. The molecule has 3 heterocycles. The van der Waals surface area contributed by atoms with Gasteiger partial charge in [-0.05, 0) is 31.2 Å². The molecule has 1 atom stereocenters. The molecule has 1 saturated heterocycles. The molecule has 8 nitrogen and oxygen atoms in total. The monoisotopic (exact) mass is 487 g/mol. The first-order chi connectivity index (χ1) is 17.6. The highest BCUT2D eigenvalue weighted by Crippen LogP contribution is 2.28. The summed E-state index contributed by atoms with van der Waals surface area (Å²) in [4.78, 5) is 15.6. The van der Waals surface area contributed by atoms with Crippen LogP contribution in [0.1, 0.15) is 12.5 Å². The van der Waals surface area contributed by atoms with Gasteiger partial charge >= 0.3 is 0 Å². The van der Waals surface area contributed by atoms with Gasteiger partial charge in [-0.1, -0.05) is 36.4 Å². The van der Waals surface area contributed by atoms with Crippen molar-refractivity contribution >= 4 is 34.3 Å². The number of morpholine rings is 1. The van der Waals surface area contributed by atoms with Crippen LogP contribution >= 0.6 is 0 Å².